The fourth-order valence-corrected chi connectivity index (χ4v) is 3.89. The van der Waals surface area contributed by atoms with Crippen LogP contribution >= 0.6 is 11.3 Å². The lowest BCUT2D eigenvalue weighted by Gasteiger charge is -2.11. The highest BCUT2D eigenvalue weighted by Gasteiger charge is 2.16. The summed E-state index contributed by atoms with van der Waals surface area (Å²) in [5.74, 6) is 0.540. The zero-order chi connectivity index (χ0) is 17.8. The molecule has 0 saturated carbocycles. The van der Waals surface area contributed by atoms with Gasteiger partial charge in [-0.1, -0.05) is 12.1 Å². The van der Waals surface area contributed by atoms with Crippen LogP contribution in [0.2, 0.25) is 0 Å². The third-order valence-corrected chi connectivity index (χ3v) is 5.40. The van der Waals surface area contributed by atoms with Crippen molar-refractivity contribution in [3.8, 4) is 16.3 Å². The standard InChI is InChI=1S/C20H20N2O3S/c23-19(21-12-16-4-3-11-24-16)13-25-15-9-7-14(8-10-15)20-22-17-5-1-2-6-18(17)26-20/h1-2,5-10,16H,3-4,11-13H2,(H,21,23)/t16-/m1/s1. The third-order valence-electron chi connectivity index (χ3n) is 4.32. The zero-order valence-corrected chi connectivity index (χ0v) is 15.1. The second-order valence-corrected chi connectivity index (χ2v) is 7.27. The van der Waals surface area contributed by atoms with Crippen molar-refractivity contribution in [2.75, 3.05) is 19.8 Å². The average Bonchev–Trinajstić information content (AvgIpc) is 3.34. The molecule has 1 amide bonds. The van der Waals surface area contributed by atoms with Gasteiger partial charge in [0.1, 0.15) is 10.8 Å². The number of thiazole rings is 1. The summed E-state index contributed by atoms with van der Waals surface area (Å²) in [6.45, 7) is 1.35. The number of ether oxygens (including phenoxy) is 2. The molecular weight excluding hydrogens is 348 g/mol. The van der Waals surface area contributed by atoms with Crippen molar-refractivity contribution in [3.05, 3.63) is 48.5 Å². The minimum atomic E-state index is -0.129. The van der Waals surface area contributed by atoms with Gasteiger partial charge in [0.05, 0.1) is 16.3 Å². The van der Waals surface area contributed by atoms with E-state index in [0.717, 1.165) is 35.5 Å². The first-order valence-electron chi connectivity index (χ1n) is 8.75. The van der Waals surface area contributed by atoms with E-state index in [1.165, 1.54) is 4.70 Å². The normalized spacial score (nSPS) is 16.7. The number of fused-ring (bicyclic) bond motifs is 1. The molecule has 2 aromatic carbocycles. The van der Waals surface area contributed by atoms with Crippen molar-refractivity contribution in [2.24, 2.45) is 0 Å². The highest BCUT2D eigenvalue weighted by molar-refractivity contribution is 7.21. The van der Waals surface area contributed by atoms with Crippen molar-refractivity contribution in [1.29, 1.82) is 0 Å². The number of carbonyl (C=O) groups is 1. The molecule has 1 atom stereocenters. The number of hydrogen-bond donors (Lipinski definition) is 1. The van der Waals surface area contributed by atoms with E-state index in [2.05, 4.69) is 16.4 Å². The molecule has 1 aromatic heterocycles. The number of nitrogens with zero attached hydrogens (tertiary/aromatic N) is 1. The number of benzene rings is 2. The molecular formula is C20H20N2O3S. The van der Waals surface area contributed by atoms with E-state index in [1.54, 1.807) is 11.3 Å². The second kappa shape index (κ2) is 7.85. The third kappa shape index (κ3) is 4.03. The van der Waals surface area contributed by atoms with Gasteiger partial charge in [0.2, 0.25) is 0 Å². The van der Waals surface area contributed by atoms with Crippen molar-refractivity contribution < 1.29 is 14.3 Å². The summed E-state index contributed by atoms with van der Waals surface area (Å²) in [5, 5.41) is 3.83. The van der Waals surface area contributed by atoms with Gasteiger partial charge in [-0.05, 0) is 49.2 Å². The molecule has 0 bridgehead atoms. The Kier molecular flexibility index (Phi) is 5.13. The Morgan fingerprint density at radius 3 is 2.85 bits per heavy atom. The minimum absolute atomic E-state index is 0.00715. The molecule has 1 N–H and O–H groups in total. The number of nitrogens with one attached hydrogen (secondary N) is 1. The molecule has 0 aliphatic carbocycles. The summed E-state index contributed by atoms with van der Waals surface area (Å²) in [4.78, 5) is 16.5. The van der Waals surface area contributed by atoms with Crippen molar-refractivity contribution in [3.63, 3.8) is 0 Å². The highest BCUT2D eigenvalue weighted by atomic mass is 32.1. The van der Waals surface area contributed by atoms with Gasteiger partial charge in [-0.3, -0.25) is 4.79 Å². The van der Waals surface area contributed by atoms with Crippen LogP contribution < -0.4 is 10.1 Å². The maximum atomic E-state index is 11.9. The van der Waals surface area contributed by atoms with Gasteiger partial charge in [0.25, 0.3) is 5.91 Å². The van der Waals surface area contributed by atoms with Crippen LogP contribution in [0, 0.1) is 0 Å². The van der Waals surface area contributed by atoms with Gasteiger partial charge >= 0.3 is 0 Å². The molecule has 26 heavy (non-hydrogen) atoms. The topological polar surface area (TPSA) is 60.5 Å². The highest BCUT2D eigenvalue weighted by Crippen LogP contribution is 2.30. The van der Waals surface area contributed by atoms with Crippen LogP contribution in [0.1, 0.15) is 12.8 Å². The number of para-hydroxylation sites is 1. The van der Waals surface area contributed by atoms with Gasteiger partial charge < -0.3 is 14.8 Å². The number of amides is 1. The van der Waals surface area contributed by atoms with Crippen LogP contribution in [0.3, 0.4) is 0 Å². The quantitative estimate of drug-likeness (QED) is 0.722. The summed E-state index contributed by atoms with van der Waals surface area (Å²) in [6.07, 6.45) is 2.22. The molecule has 0 radical (unpaired) electrons. The smallest absolute Gasteiger partial charge is 0.258 e. The molecule has 134 valence electrons. The Bertz CT molecular complexity index is 852. The summed E-state index contributed by atoms with van der Waals surface area (Å²) in [5.41, 5.74) is 2.05. The fraction of sp³-hybridized carbons (Fsp3) is 0.300. The van der Waals surface area contributed by atoms with Gasteiger partial charge in [-0.15, -0.1) is 11.3 Å². The van der Waals surface area contributed by atoms with Crippen LogP contribution in [-0.4, -0.2) is 36.8 Å². The lowest BCUT2D eigenvalue weighted by Crippen LogP contribution is -2.35. The van der Waals surface area contributed by atoms with Crippen molar-refractivity contribution >= 4 is 27.5 Å². The molecule has 1 aliphatic rings. The van der Waals surface area contributed by atoms with E-state index in [9.17, 15) is 4.79 Å². The summed E-state index contributed by atoms with van der Waals surface area (Å²) < 4.78 is 12.2. The lowest BCUT2D eigenvalue weighted by atomic mass is 10.2. The van der Waals surface area contributed by atoms with Crippen LogP contribution in [0.4, 0.5) is 0 Å². The second-order valence-electron chi connectivity index (χ2n) is 6.24. The van der Waals surface area contributed by atoms with Crippen molar-refractivity contribution in [1.82, 2.24) is 10.3 Å². The van der Waals surface area contributed by atoms with E-state index in [4.69, 9.17) is 9.47 Å². The molecule has 1 saturated heterocycles. The van der Waals surface area contributed by atoms with Gasteiger partial charge in [0, 0.05) is 18.7 Å². The zero-order valence-electron chi connectivity index (χ0n) is 14.3. The van der Waals surface area contributed by atoms with E-state index < -0.39 is 0 Å². The maximum absolute atomic E-state index is 11.9. The van der Waals surface area contributed by atoms with Crippen molar-refractivity contribution in [2.45, 2.75) is 18.9 Å². The van der Waals surface area contributed by atoms with Gasteiger partial charge in [0.15, 0.2) is 6.61 Å². The van der Waals surface area contributed by atoms with E-state index in [1.807, 2.05) is 42.5 Å². The summed E-state index contributed by atoms with van der Waals surface area (Å²) in [6, 6.07) is 15.8. The Balaban J connectivity index is 1.31. The maximum Gasteiger partial charge on any atom is 0.258 e. The van der Waals surface area contributed by atoms with Crippen LogP contribution in [-0.2, 0) is 9.53 Å². The number of hydrogen-bond acceptors (Lipinski definition) is 5. The average molecular weight is 368 g/mol. The first-order valence-corrected chi connectivity index (χ1v) is 9.57. The first-order chi connectivity index (χ1) is 12.8. The molecule has 1 fully saturated rings. The molecule has 6 heteroatoms. The number of rotatable bonds is 6. The molecule has 5 nitrogen and oxygen atoms in total. The van der Waals surface area contributed by atoms with Crippen LogP contribution in [0.5, 0.6) is 5.75 Å². The van der Waals surface area contributed by atoms with Gasteiger partial charge in [-0.25, -0.2) is 4.98 Å². The Labute approximate surface area is 156 Å². The number of carbonyl (C=O) groups excluding carboxylic acids is 1. The Morgan fingerprint density at radius 1 is 1.23 bits per heavy atom. The SMILES string of the molecule is O=C(COc1ccc(-c2nc3ccccc3s2)cc1)NC[C@H]1CCCO1. The van der Waals surface area contributed by atoms with E-state index >= 15 is 0 Å². The van der Waals surface area contributed by atoms with Crippen LogP contribution in [0.15, 0.2) is 48.5 Å². The van der Waals surface area contributed by atoms with E-state index in [0.29, 0.717) is 12.3 Å². The van der Waals surface area contributed by atoms with Crippen LogP contribution in [0.25, 0.3) is 20.8 Å². The molecule has 0 spiro atoms. The molecule has 1 aliphatic heterocycles. The molecule has 4 rings (SSSR count). The molecule has 0 unspecified atom stereocenters. The Morgan fingerprint density at radius 2 is 2.08 bits per heavy atom. The molecule has 2 heterocycles. The van der Waals surface area contributed by atoms with E-state index in [-0.39, 0.29) is 18.6 Å². The van der Waals surface area contributed by atoms with Gasteiger partial charge in [-0.2, -0.15) is 0 Å². The molecule has 3 aromatic rings. The predicted molar refractivity (Wildman–Crippen MR) is 103 cm³/mol. The first kappa shape index (κ1) is 17.0. The monoisotopic (exact) mass is 368 g/mol. The summed E-state index contributed by atoms with van der Waals surface area (Å²) >= 11 is 1.67. The largest absolute Gasteiger partial charge is 0.484 e. The minimum Gasteiger partial charge on any atom is -0.484 e. The predicted octanol–water partition coefficient (Wildman–Crippen LogP) is 3.64. The summed E-state index contributed by atoms with van der Waals surface area (Å²) in [7, 11) is 0. The lowest BCUT2D eigenvalue weighted by molar-refractivity contribution is -0.123. The fourth-order valence-electron chi connectivity index (χ4n) is 2.92. The Hall–Kier alpha value is -2.44. The number of aromatic nitrogens is 1.